The number of carboxylic acids is 1. The molecule has 9 nitrogen and oxygen atoms in total. The summed E-state index contributed by atoms with van der Waals surface area (Å²) in [5.41, 5.74) is -0.149. The summed E-state index contributed by atoms with van der Waals surface area (Å²) in [6, 6.07) is 9.65. The lowest BCUT2D eigenvalue weighted by molar-refractivity contribution is 0.0684. The van der Waals surface area contributed by atoms with Gasteiger partial charge in [-0.3, -0.25) is 9.59 Å². The number of aromatic nitrogens is 2. The van der Waals surface area contributed by atoms with E-state index in [1.165, 1.54) is 24.7 Å². The predicted molar refractivity (Wildman–Crippen MR) is 93.3 cm³/mol. The van der Waals surface area contributed by atoms with E-state index in [4.69, 9.17) is 9.52 Å². The zero-order valence-corrected chi connectivity index (χ0v) is 13.9. The minimum atomic E-state index is -1.36. The molecular weight excluding hydrogens is 352 g/mol. The summed E-state index contributed by atoms with van der Waals surface area (Å²) in [5, 5.41) is 14.3. The average Bonchev–Trinajstić information content (AvgIpc) is 3.20. The first-order valence-corrected chi connectivity index (χ1v) is 7.81. The second-order valence-corrected chi connectivity index (χ2v) is 5.36. The van der Waals surface area contributed by atoms with Crippen molar-refractivity contribution in [1.29, 1.82) is 0 Å². The third kappa shape index (κ3) is 4.34. The third-order valence-corrected chi connectivity index (χ3v) is 3.50. The van der Waals surface area contributed by atoms with E-state index in [0.29, 0.717) is 17.0 Å². The van der Waals surface area contributed by atoms with Gasteiger partial charge in [-0.2, -0.15) is 0 Å². The molecule has 0 aliphatic carbocycles. The summed E-state index contributed by atoms with van der Waals surface area (Å²) in [4.78, 5) is 43.1. The van der Waals surface area contributed by atoms with E-state index < -0.39 is 17.6 Å². The number of benzene rings is 1. The summed E-state index contributed by atoms with van der Waals surface area (Å²) < 4.78 is 5.14. The van der Waals surface area contributed by atoms with Crippen LogP contribution in [0.2, 0.25) is 0 Å². The minimum absolute atomic E-state index is 0.226. The van der Waals surface area contributed by atoms with Crippen molar-refractivity contribution in [3.63, 3.8) is 0 Å². The van der Waals surface area contributed by atoms with Gasteiger partial charge in [-0.15, -0.1) is 0 Å². The van der Waals surface area contributed by atoms with Crippen LogP contribution >= 0.6 is 0 Å². The minimum Gasteiger partial charge on any atom is -0.476 e. The smallest absolute Gasteiger partial charge is 0.356 e. The predicted octanol–water partition coefficient (Wildman–Crippen LogP) is 1.95. The van der Waals surface area contributed by atoms with Crippen molar-refractivity contribution in [3.05, 3.63) is 77.8 Å². The normalized spacial score (nSPS) is 10.2. The molecule has 3 aromatic rings. The molecule has 3 N–H and O–H groups in total. The van der Waals surface area contributed by atoms with E-state index in [-0.39, 0.29) is 18.1 Å². The van der Waals surface area contributed by atoms with Crippen LogP contribution in [0.4, 0.5) is 5.69 Å². The number of hydrogen-bond donors (Lipinski definition) is 3. The van der Waals surface area contributed by atoms with E-state index >= 15 is 0 Å². The summed E-state index contributed by atoms with van der Waals surface area (Å²) >= 11 is 0. The Bertz CT molecular complexity index is 985. The number of anilines is 1. The molecule has 0 aliphatic heterocycles. The van der Waals surface area contributed by atoms with Crippen LogP contribution in [-0.2, 0) is 6.54 Å². The van der Waals surface area contributed by atoms with Gasteiger partial charge >= 0.3 is 5.97 Å². The van der Waals surface area contributed by atoms with Gasteiger partial charge in [-0.05, 0) is 30.3 Å². The van der Waals surface area contributed by atoms with Crippen molar-refractivity contribution in [3.8, 4) is 0 Å². The SMILES string of the molecule is O=C(NCc1ccco1)c1cccc(NC(=O)c2nccnc2C(=O)O)c1. The van der Waals surface area contributed by atoms with Crippen molar-refractivity contribution >= 4 is 23.5 Å². The highest BCUT2D eigenvalue weighted by molar-refractivity contribution is 6.08. The fourth-order valence-corrected chi connectivity index (χ4v) is 2.27. The molecule has 0 radical (unpaired) electrons. The monoisotopic (exact) mass is 366 g/mol. The van der Waals surface area contributed by atoms with Gasteiger partial charge in [0.15, 0.2) is 11.4 Å². The Morgan fingerprint density at radius 2 is 1.78 bits per heavy atom. The quantitative estimate of drug-likeness (QED) is 0.607. The summed E-state index contributed by atoms with van der Waals surface area (Å²) in [6.07, 6.45) is 3.92. The maximum atomic E-state index is 12.3. The highest BCUT2D eigenvalue weighted by atomic mass is 16.4. The first-order chi connectivity index (χ1) is 13.0. The number of hydrogen-bond acceptors (Lipinski definition) is 6. The molecule has 0 bridgehead atoms. The molecule has 0 unspecified atom stereocenters. The summed E-state index contributed by atoms with van der Waals surface area (Å²) in [5.74, 6) is -1.85. The molecule has 27 heavy (non-hydrogen) atoms. The maximum Gasteiger partial charge on any atom is 0.356 e. The first kappa shape index (κ1) is 17.8. The summed E-state index contributed by atoms with van der Waals surface area (Å²) in [7, 11) is 0. The standard InChI is InChI=1S/C18H14N4O5/c23-16(21-10-13-5-2-8-27-13)11-3-1-4-12(9-11)22-17(24)14-15(18(25)26)20-7-6-19-14/h1-9H,10H2,(H,21,23)(H,22,24)(H,25,26). The number of amides is 2. The van der Waals surface area contributed by atoms with Gasteiger partial charge in [0.05, 0.1) is 12.8 Å². The maximum absolute atomic E-state index is 12.3. The van der Waals surface area contributed by atoms with Crippen LogP contribution in [-0.4, -0.2) is 32.9 Å². The molecule has 0 aliphatic rings. The van der Waals surface area contributed by atoms with E-state index in [0.717, 1.165) is 0 Å². The zero-order valence-electron chi connectivity index (χ0n) is 13.9. The van der Waals surface area contributed by atoms with Crippen LogP contribution in [0.15, 0.2) is 59.5 Å². The molecule has 2 amide bonds. The van der Waals surface area contributed by atoms with Crippen LogP contribution in [0.1, 0.15) is 37.1 Å². The zero-order chi connectivity index (χ0) is 19.2. The van der Waals surface area contributed by atoms with Crippen LogP contribution in [0.25, 0.3) is 0 Å². The third-order valence-electron chi connectivity index (χ3n) is 3.50. The van der Waals surface area contributed by atoms with Crippen LogP contribution in [0.3, 0.4) is 0 Å². The molecule has 0 atom stereocenters. The fraction of sp³-hybridized carbons (Fsp3) is 0.0556. The lowest BCUT2D eigenvalue weighted by Gasteiger charge is -2.08. The lowest BCUT2D eigenvalue weighted by Crippen LogP contribution is -2.23. The molecule has 0 saturated carbocycles. The second-order valence-electron chi connectivity index (χ2n) is 5.36. The van der Waals surface area contributed by atoms with Crippen molar-refractivity contribution in [2.45, 2.75) is 6.54 Å². The van der Waals surface area contributed by atoms with Gasteiger partial charge in [0.2, 0.25) is 0 Å². The molecule has 1 aromatic carbocycles. The van der Waals surface area contributed by atoms with Crippen LogP contribution < -0.4 is 10.6 Å². The van der Waals surface area contributed by atoms with Crippen LogP contribution in [0, 0.1) is 0 Å². The number of carboxylic acid groups (broad SMARTS) is 1. The van der Waals surface area contributed by atoms with Crippen molar-refractivity contribution < 1.29 is 23.9 Å². The Morgan fingerprint density at radius 3 is 2.48 bits per heavy atom. The van der Waals surface area contributed by atoms with Gasteiger partial charge < -0.3 is 20.2 Å². The Kier molecular flexibility index (Phi) is 5.22. The highest BCUT2D eigenvalue weighted by Crippen LogP contribution is 2.13. The molecule has 9 heteroatoms. The fourth-order valence-electron chi connectivity index (χ4n) is 2.27. The van der Waals surface area contributed by atoms with Crippen LogP contribution in [0.5, 0.6) is 0 Å². The molecule has 2 heterocycles. The summed E-state index contributed by atoms with van der Waals surface area (Å²) in [6.45, 7) is 0.226. The largest absolute Gasteiger partial charge is 0.476 e. The van der Waals surface area contributed by atoms with Crippen molar-refractivity contribution in [2.75, 3.05) is 5.32 Å². The molecule has 0 saturated heterocycles. The Hall–Kier alpha value is -4.01. The van der Waals surface area contributed by atoms with E-state index in [1.54, 1.807) is 30.3 Å². The highest BCUT2D eigenvalue weighted by Gasteiger charge is 2.19. The Labute approximate surface area is 153 Å². The second kappa shape index (κ2) is 7.91. The van der Waals surface area contributed by atoms with Crippen molar-refractivity contribution in [2.24, 2.45) is 0 Å². The molecule has 0 spiro atoms. The molecule has 0 fully saturated rings. The number of nitrogens with one attached hydrogen (secondary N) is 2. The van der Waals surface area contributed by atoms with Gasteiger partial charge in [0, 0.05) is 23.6 Å². The van der Waals surface area contributed by atoms with E-state index in [1.807, 2.05) is 0 Å². The van der Waals surface area contributed by atoms with Gasteiger partial charge in [0.1, 0.15) is 5.76 Å². The molecule has 136 valence electrons. The lowest BCUT2D eigenvalue weighted by atomic mass is 10.1. The van der Waals surface area contributed by atoms with Crippen molar-refractivity contribution in [1.82, 2.24) is 15.3 Å². The molecular formula is C18H14N4O5. The average molecular weight is 366 g/mol. The number of nitrogens with zero attached hydrogens (tertiary/aromatic N) is 2. The number of aromatic carboxylic acids is 1. The van der Waals surface area contributed by atoms with Gasteiger partial charge in [0.25, 0.3) is 11.8 Å². The van der Waals surface area contributed by atoms with Gasteiger partial charge in [-0.1, -0.05) is 6.07 Å². The molecule has 2 aromatic heterocycles. The Balaban J connectivity index is 1.71. The topological polar surface area (TPSA) is 134 Å². The van der Waals surface area contributed by atoms with E-state index in [9.17, 15) is 14.4 Å². The number of carbonyl (C=O) groups is 3. The number of furan rings is 1. The van der Waals surface area contributed by atoms with Gasteiger partial charge in [-0.25, -0.2) is 14.8 Å². The first-order valence-electron chi connectivity index (χ1n) is 7.81. The Morgan fingerprint density at radius 1 is 1.00 bits per heavy atom. The number of carbonyl (C=O) groups excluding carboxylic acids is 2. The molecule has 3 rings (SSSR count). The number of rotatable bonds is 6. The van der Waals surface area contributed by atoms with E-state index in [2.05, 4.69) is 20.6 Å².